The Morgan fingerprint density at radius 2 is 0.514 bits per heavy atom. The second-order valence-corrected chi connectivity index (χ2v) is 37.5. The monoisotopic (exact) mass is 1890 g/mol. The lowest BCUT2D eigenvalue weighted by atomic mass is 10.0. The summed E-state index contributed by atoms with van der Waals surface area (Å²) >= 11 is 1.84. The molecule has 0 atom stereocenters. The number of aromatic nitrogens is 12. The minimum atomic E-state index is 0.522. The standard InChI is InChI=1S/C45H26N4O2.C45H26N4OS.C39H24N4O/c1-2-11-27(12-3-1)28-21-23-29(24-22-28)43-46-44(34-16-10-20-39-40(34)33-15-6-9-19-38(33)50-39)48-45(47-43)49-35-17-7-4-14-32(35)41-36(49)26-25-31-30-13-5-8-18-37(30)51-42(31)41;1-2-12-27(13-3-1)28-14-10-15-29(26-28)43-46-44(34-19-11-22-38-40(34)33-18-5-8-21-37(33)50-38)48-45(47-43)49-35-20-7-4-17-32(35)41-36(49)25-24-31-30-16-6-9-23-39(30)51-42(31)41;1-3-12-25(13-4-1)37-40-38(26-22-23-35-31(24-26)28-16-8-10-21-34(28)44-35)42-39(41-37)30-18-11-20-33-36(30)29-17-7-9-19-32(29)43(33)27-14-5-2-6-15-27/h2*1-26H;1-24H. The van der Waals surface area contributed by atoms with Gasteiger partial charge in [-0.25, -0.2) is 24.9 Å². The molecule has 0 saturated heterocycles. The van der Waals surface area contributed by atoms with Gasteiger partial charge >= 0.3 is 0 Å². The van der Waals surface area contributed by atoms with E-state index in [1.54, 1.807) is 0 Å². The summed E-state index contributed by atoms with van der Waals surface area (Å²) in [6.07, 6.45) is 0. The lowest BCUT2D eigenvalue weighted by Crippen LogP contribution is -2.06. The molecule has 16 nitrogen and oxygen atoms in total. The SMILES string of the molecule is c1ccc(-c2ccc(-c3nc(-c4cccc5oc6ccccc6c45)nc(-n4c5ccccc5c5c6oc7ccccc7c6ccc54)n3)cc2)cc1.c1ccc(-c2cccc(-c3nc(-c4cccc5oc6ccccc6c45)nc(-n4c5ccccc5c5c6sc7ccccc7c6ccc54)n3)c2)cc1.c1ccc(-c2nc(-c3ccc4oc5ccccc5c4c3)nc(-c3cccc4c3c3ccccc3n4-c3ccccc3)n2)cc1. The molecule has 0 fully saturated rings. The molecule has 0 bridgehead atoms. The molecule has 0 aliphatic carbocycles. The number of benzene rings is 20. The van der Waals surface area contributed by atoms with E-state index in [4.69, 9.17) is 62.5 Å². The Kier molecular flexibility index (Phi) is 19.4. The Labute approximate surface area is 835 Å². The molecule has 11 heterocycles. The molecule has 0 aliphatic rings. The molecule has 0 aliphatic heterocycles. The summed E-state index contributed by atoms with van der Waals surface area (Å²) in [6, 6.07) is 158. The third-order valence-corrected chi connectivity index (χ3v) is 29.2. The molecular formula is C129H76N12O4S. The number of rotatable bonds is 12. The van der Waals surface area contributed by atoms with Gasteiger partial charge in [-0.1, -0.05) is 340 Å². The first-order chi connectivity index (χ1) is 72.4. The fourth-order valence-corrected chi connectivity index (χ4v) is 22.7. The Bertz CT molecular complexity index is 10700. The van der Waals surface area contributed by atoms with Crippen molar-refractivity contribution in [1.82, 2.24) is 58.6 Å². The van der Waals surface area contributed by atoms with E-state index in [0.717, 1.165) is 209 Å². The largest absolute Gasteiger partial charge is 0.456 e. The van der Waals surface area contributed by atoms with Gasteiger partial charge in [0.25, 0.3) is 0 Å². The smallest absolute Gasteiger partial charge is 0.238 e. The highest BCUT2D eigenvalue weighted by atomic mass is 32.1. The zero-order valence-corrected chi connectivity index (χ0v) is 78.6. The number of furan rings is 4. The van der Waals surface area contributed by atoms with Gasteiger partial charge in [-0.05, 0) is 144 Å². The minimum absolute atomic E-state index is 0.522. The van der Waals surface area contributed by atoms with Crippen LogP contribution >= 0.6 is 11.3 Å². The van der Waals surface area contributed by atoms with Crippen LogP contribution in [0, 0.1) is 0 Å². The fourth-order valence-electron chi connectivity index (χ4n) is 21.4. The Hall–Kier alpha value is -19.8. The molecular weight excluding hydrogens is 1810 g/mol. The second-order valence-electron chi connectivity index (χ2n) is 36.5. The molecule has 0 unspecified atom stereocenters. The highest BCUT2D eigenvalue weighted by Crippen LogP contribution is 2.49. The van der Waals surface area contributed by atoms with Crippen molar-refractivity contribution in [3.8, 4) is 120 Å². The molecule has 0 N–H and O–H groups in total. The Balaban J connectivity index is 0.000000104. The molecule has 31 aromatic rings. The lowest BCUT2D eigenvalue weighted by molar-refractivity contribution is 0.668. The van der Waals surface area contributed by atoms with E-state index in [0.29, 0.717) is 52.7 Å². The minimum Gasteiger partial charge on any atom is -0.456 e. The predicted molar refractivity (Wildman–Crippen MR) is 593 cm³/mol. The first-order valence-corrected chi connectivity index (χ1v) is 49.3. The van der Waals surface area contributed by atoms with E-state index in [1.165, 1.54) is 30.9 Å². The van der Waals surface area contributed by atoms with Crippen LogP contribution in [0.15, 0.2) is 479 Å². The van der Waals surface area contributed by atoms with Gasteiger partial charge < -0.3 is 22.2 Å². The van der Waals surface area contributed by atoms with Crippen molar-refractivity contribution in [1.29, 1.82) is 0 Å². The maximum atomic E-state index is 6.56. The van der Waals surface area contributed by atoms with Crippen LogP contribution in [-0.2, 0) is 0 Å². The molecule has 0 saturated carbocycles. The topological polar surface area (TPSA) is 183 Å². The van der Waals surface area contributed by atoms with Gasteiger partial charge in [0.1, 0.15) is 44.7 Å². The van der Waals surface area contributed by atoms with Crippen LogP contribution in [0.2, 0.25) is 0 Å². The van der Waals surface area contributed by atoms with Gasteiger partial charge in [0, 0.05) is 135 Å². The van der Waals surface area contributed by atoms with Crippen LogP contribution < -0.4 is 0 Å². The molecule has 17 heteroatoms. The summed E-state index contributed by atoms with van der Waals surface area (Å²) in [5, 5.41) is 17.6. The summed E-state index contributed by atoms with van der Waals surface area (Å²) in [5.41, 5.74) is 24.9. The van der Waals surface area contributed by atoms with Gasteiger partial charge in [0.2, 0.25) is 11.9 Å². The Morgan fingerprint density at radius 1 is 0.171 bits per heavy atom. The summed E-state index contributed by atoms with van der Waals surface area (Å²) in [4.78, 5) is 46.7. The van der Waals surface area contributed by atoms with Crippen molar-refractivity contribution in [2.75, 3.05) is 0 Å². The zero-order chi connectivity index (χ0) is 96.0. The first-order valence-electron chi connectivity index (χ1n) is 48.5. The summed E-state index contributed by atoms with van der Waals surface area (Å²) < 4.78 is 34.4. The molecule has 11 aromatic heterocycles. The predicted octanol–water partition coefficient (Wildman–Crippen LogP) is 33.9. The first kappa shape index (κ1) is 83.2. The maximum absolute atomic E-state index is 6.56. The fraction of sp³-hybridized carbons (Fsp3) is 0. The van der Waals surface area contributed by atoms with E-state index in [1.807, 2.05) is 163 Å². The van der Waals surface area contributed by atoms with Crippen molar-refractivity contribution in [2.24, 2.45) is 0 Å². The van der Waals surface area contributed by atoms with E-state index in [9.17, 15) is 0 Å². The van der Waals surface area contributed by atoms with E-state index in [2.05, 4.69) is 323 Å². The summed E-state index contributed by atoms with van der Waals surface area (Å²) in [6.45, 7) is 0. The van der Waals surface area contributed by atoms with Crippen molar-refractivity contribution < 1.29 is 17.7 Å². The summed E-state index contributed by atoms with van der Waals surface area (Å²) in [7, 11) is 0. The molecule has 682 valence electrons. The van der Waals surface area contributed by atoms with Crippen LogP contribution in [0.5, 0.6) is 0 Å². The van der Waals surface area contributed by atoms with Gasteiger partial charge in [0.05, 0.1) is 38.5 Å². The molecule has 31 rings (SSSR count). The Morgan fingerprint density at radius 3 is 1.12 bits per heavy atom. The number of thiophene rings is 1. The van der Waals surface area contributed by atoms with Crippen molar-refractivity contribution in [2.45, 2.75) is 0 Å². The third-order valence-electron chi connectivity index (χ3n) is 28.0. The molecule has 0 amide bonds. The van der Waals surface area contributed by atoms with Gasteiger partial charge in [-0.15, -0.1) is 11.3 Å². The highest BCUT2D eigenvalue weighted by molar-refractivity contribution is 7.26. The van der Waals surface area contributed by atoms with E-state index < -0.39 is 0 Å². The zero-order valence-electron chi connectivity index (χ0n) is 77.8. The van der Waals surface area contributed by atoms with Gasteiger partial charge in [-0.2, -0.15) is 19.9 Å². The normalized spacial score (nSPS) is 11.8. The number of hydrogen-bond acceptors (Lipinski definition) is 14. The van der Waals surface area contributed by atoms with Crippen LogP contribution in [-0.4, -0.2) is 58.6 Å². The summed E-state index contributed by atoms with van der Waals surface area (Å²) in [5.74, 6) is 5.30. The van der Waals surface area contributed by atoms with Crippen LogP contribution in [0.1, 0.15) is 0 Å². The molecule has 146 heavy (non-hydrogen) atoms. The van der Waals surface area contributed by atoms with Gasteiger partial charge in [-0.3, -0.25) is 9.13 Å². The van der Waals surface area contributed by atoms with E-state index >= 15 is 0 Å². The number of nitrogens with zero attached hydrogens (tertiary/aromatic N) is 12. The molecule has 0 radical (unpaired) electrons. The van der Waals surface area contributed by atoms with Crippen molar-refractivity contribution in [3.63, 3.8) is 0 Å². The van der Waals surface area contributed by atoms with Crippen LogP contribution in [0.3, 0.4) is 0 Å². The number of para-hydroxylation sites is 8. The average molecular weight is 1890 g/mol. The number of fused-ring (bicyclic) bond motifs is 26. The quantitative estimate of drug-likeness (QED) is 0.113. The van der Waals surface area contributed by atoms with Crippen molar-refractivity contribution in [3.05, 3.63) is 461 Å². The highest BCUT2D eigenvalue weighted by Gasteiger charge is 2.29. The second kappa shape index (κ2) is 34.1. The van der Waals surface area contributed by atoms with Crippen molar-refractivity contribution >= 4 is 185 Å². The molecule has 20 aromatic carbocycles. The third kappa shape index (κ3) is 13.8. The van der Waals surface area contributed by atoms with E-state index in [-0.39, 0.29) is 0 Å². The molecule has 0 spiro atoms. The lowest BCUT2D eigenvalue weighted by Gasteiger charge is -2.12. The van der Waals surface area contributed by atoms with Crippen LogP contribution in [0.25, 0.3) is 293 Å². The van der Waals surface area contributed by atoms with Gasteiger partial charge in [0.15, 0.2) is 40.8 Å². The number of hydrogen-bond donors (Lipinski definition) is 0. The van der Waals surface area contributed by atoms with Crippen LogP contribution in [0.4, 0.5) is 0 Å². The maximum Gasteiger partial charge on any atom is 0.238 e. The average Bonchev–Trinajstić information content (AvgIpc) is 1.57.